The second-order valence-electron chi connectivity index (χ2n) is 6.73. The Morgan fingerprint density at radius 1 is 0.741 bits per heavy atom. The van der Waals surface area contributed by atoms with Crippen LogP contribution in [-0.2, 0) is 18.9 Å². The van der Waals surface area contributed by atoms with Crippen molar-refractivity contribution in [2.24, 2.45) is 0 Å². The van der Waals surface area contributed by atoms with Crippen molar-refractivity contribution in [1.29, 1.82) is 0 Å². The third-order valence-electron chi connectivity index (χ3n) is 4.74. The van der Waals surface area contributed by atoms with Crippen LogP contribution in [-0.4, -0.2) is 117 Å². The van der Waals surface area contributed by atoms with Gasteiger partial charge in [0.05, 0.1) is 13.2 Å². The standard InChI is InChI=1S/C16H30O11/c1-2-3-4-24-15-13(23)11(21)14(8(6-18)26-15)27-16-12(22)10(20)9(19)7(5-17)25-16/h7-23H,2-6H2,1H3/t7-,8-,9-,10+,11-,12-,13-,14-,15-,16-/m1/s1. The monoisotopic (exact) mass is 398 g/mol. The van der Waals surface area contributed by atoms with Crippen LogP contribution in [0.25, 0.3) is 0 Å². The molecule has 11 nitrogen and oxygen atoms in total. The van der Waals surface area contributed by atoms with Crippen LogP contribution in [0.1, 0.15) is 19.8 Å². The summed E-state index contributed by atoms with van der Waals surface area (Å²) < 4.78 is 21.5. The molecule has 2 heterocycles. The molecule has 2 aliphatic heterocycles. The molecule has 7 N–H and O–H groups in total. The average Bonchev–Trinajstić information content (AvgIpc) is 2.67. The van der Waals surface area contributed by atoms with E-state index in [0.717, 1.165) is 12.8 Å². The third kappa shape index (κ3) is 5.14. The Kier molecular flexibility index (Phi) is 8.77. The van der Waals surface area contributed by atoms with Gasteiger partial charge < -0.3 is 54.7 Å². The van der Waals surface area contributed by atoms with Crippen LogP contribution in [0.4, 0.5) is 0 Å². The van der Waals surface area contributed by atoms with E-state index in [9.17, 15) is 35.7 Å². The van der Waals surface area contributed by atoms with E-state index in [1.165, 1.54) is 0 Å². The maximum atomic E-state index is 10.4. The van der Waals surface area contributed by atoms with Crippen LogP contribution in [0.5, 0.6) is 0 Å². The van der Waals surface area contributed by atoms with Crippen molar-refractivity contribution in [3.05, 3.63) is 0 Å². The molecule has 0 bridgehead atoms. The van der Waals surface area contributed by atoms with E-state index in [1.807, 2.05) is 6.92 Å². The minimum Gasteiger partial charge on any atom is -0.394 e. The summed E-state index contributed by atoms with van der Waals surface area (Å²) >= 11 is 0. The highest BCUT2D eigenvalue weighted by molar-refractivity contribution is 4.94. The number of aliphatic hydroxyl groups is 7. The van der Waals surface area contributed by atoms with E-state index >= 15 is 0 Å². The maximum Gasteiger partial charge on any atom is 0.187 e. The Bertz CT molecular complexity index is 435. The van der Waals surface area contributed by atoms with Gasteiger partial charge in [-0.15, -0.1) is 0 Å². The Labute approximate surface area is 156 Å². The molecular weight excluding hydrogens is 368 g/mol. The number of unbranched alkanes of at least 4 members (excludes halogenated alkanes) is 1. The lowest BCUT2D eigenvalue weighted by atomic mass is 9.97. The largest absolute Gasteiger partial charge is 0.394 e. The molecule has 2 fully saturated rings. The van der Waals surface area contributed by atoms with E-state index in [2.05, 4.69) is 0 Å². The first-order valence-corrected chi connectivity index (χ1v) is 9.05. The first kappa shape index (κ1) is 22.8. The molecule has 10 atom stereocenters. The van der Waals surface area contributed by atoms with E-state index < -0.39 is 74.6 Å². The van der Waals surface area contributed by atoms with Crippen molar-refractivity contribution >= 4 is 0 Å². The number of rotatable bonds is 8. The highest BCUT2D eigenvalue weighted by Crippen LogP contribution is 2.29. The van der Waals surface area contributed by atoms with Crippen LogP contribution >= 0.6 is 0 Å². The molecule has 11 heteroatoms. The van der Waals surface area contributed by atoms with Gasteiger partial charge in [0.1, 0.15) is 48.8 Å². The summed E-state index contributed by atoms with van der Waals surface area (Å²) in [5.41, 5.74) is 0. The van der Waals surface area contributed by atoms with Gasteiger partial charge in [-0.3, -0.25) is 0 Å². The molecule has 0 spiro atoms. The van der Waals surface area contributed by atoms with E-state index in [-0.39, 0.29) is 0 Å². The summed E-state index contributed by atoms with van der Waals surface area (Å²) in [6, 6.07) is 0. The van der Waals surface area contributed by atoms with Crippen LogP contribution in [0.15, 0.2) is 0 Å². The highest BCUT2D eigenvalue weighted by atomic mass is 16.7. The second-order valence-corrected chi connectivity index (χ2v) is 6.73. The van der Waals surface area contributed by atoms with Crippen molar-refractivity contribution in [1.82, 2.24) is 0 Å². The van der Waals surface area contributed by atoms with Crippen LogP contribution in [0.3, 0.4) is 0 Å². The lowest BCUT2D eigenvalue weighted by molar-refractivity contribution is -0.359. The second kappa shape index (κ2) is 10.4. The topological polar surface area (TPSA) is 179 Å². The molecule has 0 amide bonds. The molecule has 0 saturated carbocycles. The van der Waals surface area contributed by atoms with Gasteiger partial charge >= 0.3 is 0 Å². The van der Waals surface area contributed by atoms with Gasteiger partial charge in [-0.25, -0.2) is 0 Å². The zero-order valence-corrected chi connectivity index (χ0v) is 15.1. The molecule has 0 aliphatic carbocycles. The third-order valence-corrected chi connectivity index (χ3v) is 4.74. The number of aliphatic hydroxyl groups excluding tert-OH is 7. The summed E-state index contributed by atoms with van der Waals surface area (Å²) in [7, 11) is 0. The van der Waals surface area contributed by atoms with Crippen molar-refractivity contribution < 1.29 is 54.7 Å². The molecule has 2 aliphatic rings. The fourth-order valence-electron chi connectivity index (χ4n) is 3.04. The van der Waals surface area contributed by atoms with Crippen molar-refractivity contribution in [2.45, 2.75) is 81.2 Å². The molecule has 0 radical (unpaired) electrons. The van der Waals surface area contributed by atoms with Gasteiger partial charge in [0, 0.05) is 6.61 Å². The SMILES string of the molecule is CCCCO[C@@H]1O[C@H](CO)[C@@H](O[C@H]2O[C@H](CO)[C@@H](O)[C@H](O)[C@H]2O)[C@H](O)[C@H]1O. The Morgan fingerprint density at radius 2 is 1.33 bits per heavy atom. The van der Waals surface area contributed by atoms with Crippen molar-refractivity contribution in [3.63, 3.8) is 0 Å². The summed E-state index contributed by atoms with van der Waals surface area (Å²) in [6.07, 6.45) is -12.7. The molecule has 0 aromatic carbocycles. The zero-order valence-electron chi connectivity index (χ0n) is 15.1. The molecule has 2 rings (SSSR count). The van der Waals surface area contributed by atoms with Crippen molar-refractivity contribution in [2.75, 3.05) is 19.8 Å². The van der Waals surface area contributed by atoms with E-state index in [0.29, 0.717) is 6.61 Å². The number of hydrogen-bond acceptors (Lipinski definition) is 11. The molecule has 0 aromatic rings. The van der Waals surface area contributed by atoms with E-state index in [1.54, 1.807) is 0 Å². The minimum absolute atomic E-state index is 0.293. The summed E-state index contributed by atoms with van der Waals surface area (Å²) in [6.45, 7) is 1.02. The maximum absolute atomic E-state index is 10.4. The predicted molar refractivity (Wildman–Crippen MR) is 87.3 cm³/mol. The van der Waals surface area contributed by atoms with Crippen LogP contribution in [0, 0.1) is 0 Å². The molecule has 27 heavy (non-hydrogen) atoms. The van der Waals surface area contributed by atoms with Gasteiger partial charge in [0.15, 0.2) is 12.6 Å². The molecule has 0 unspecified atom stereocenters. The average molecular weight is 398 g/mol. The predicted octanol–water partition coefficient (Wildman–Crippen LogP) is -3.57. The van der Waals surface area contributed by atoms with Gasteiger partial charge in [-0.1, -0.05) is 13.3 Å². The van der Waals surface area contributed by atoms with Gasteiger partial charge in [0.25, 0.3) is 0 Å². The zero-order chi connectivity index (χ0) is 20.1. The van der Waals surface area contributed by atoms with Gasteiger partial charge in [0.2, 0.25) is 0 Å². The van der Waals surface area contributed by atoms with Crippen LogP contribution < -0.4 is 0 Å². The Balaban J connectivity index is 2.06. The first-order valence-electron chi connectivity index (χ1n) is 9.05. The van der Waals surface area contributed by atoms with Crippen molar-refractivity contribution in [3.8, 4) is 0 Å². The van der Waals surface area contributed by atoms with Gasteiger partial charge in [-0.05, 0) is 6.42 Å². The van der Waals surface area contributed by atoms with Gasteiger partial charge in [-0.2, -0.15) is 0 Å². The van der Waals surface area contributed by atoms with Crippen LogP contribution in [0.2, 0.25) is 0 Å². The fourth-order valence-corrected chi connectivity index (χ4v) is 3.04. The minimum atomic E-state index is -1.69. The first-order chi connectivity index (χ1) is 12.8. The normalized spacial score (nSPS) is 45.8. The highest BCUT2D eigenvalue weighted by Gasteiger charge is 2.50. The lowest BCUT2D eigenvalue weighted by Gasteiger charge is -2.45. The smallest absolute Gasteiger partial charge is 0.187 e. The quantitative estimate of drug-likeness (QED) is 0.201. The Hall–Kier alpha value is -0.440. The lowest BCUT2D eigenvalue weighted by Crippen LogP contribution is -2.64. The summed E-state index contributed by atoms with van der Waals surface area (Å²) in [4.78, 5) is 0. The molecular formula is C16H30O11. The van der Waals surface area contributed by atoms with E-state index in [4.69, 9.17) is 18.9 Å². The molecule has 0 aromatic heterocycles. The summed E-state index contributed by atoms with van der Waals surface area (Å²) in [5.74, 6) is 0. The fraction of sp³-hybridized carbons (Fsp3) is 1.00. The molecule has 160 valence electrons. The number of ether oxygens (including phenoxy) is 4. The molecule has 2 saturated heterocycles. The number of hydrogen-bond donors (Lipinski definition) is 7. The summed E-state index contributed by atoms with van der Waals surface area (Å²) in [5, 5.41) is 69.0. The Morgan fingerprint density at radius 3 is 1.93 bits per heavy atom.